The van der Waals surface area contributed by atoms with Crippen LogP contribution in [-0.4, -0.2) is 23.1 Å². The molecule has 0 aliphatic heterocycles. The number of hydrogen-bond donors (Lipinski definition) is 1. The SMILES string of the molecule is CCOc1ccnc(NCCc2ccc(Cl)s2)n1. The van der Waals surface area contributed by atoms with Crippen molar-refractivity contribution in [1.82, 2.24) is 9.97 Å². The van der Waals surface area contributed by atoms with Crippen molar-refractivity contribution in [2.75, 3.05) is 18.5 Å². The zero-order chi connectivity index (χ0) is 12.8. The van der Waals surface area contributed by atoms with Gasteiger partial charge in [-0.3, -0.25) is 0 Å². The lowest BCUT2D eigenvalue weighted by Crippen LogP contribution is -2.08. The van der Waals surface area contributed by atoms with Gasteiger partial charge in [-0.05, 0) is 25.5 Å². The van der Waals surface area contributed by atoms with E-state index in [0.29, 0.717) is 18.4 Å². The zero-order valence-corrected chi connectivity index (χ0v) is 11.6. The highest BCUT2D eigenvalue weighted by molar-refractivity contribution is 7.16. The number of aromatic nitrogens is 2. The number of nitrogens with zero attached hydrogens (tertiary/aromatic N) is 2. The third kappa shape index (κ3) is 3.85. The van der Waals surface area contributed by atoms with Gasteiger partial charge in [0.1, 0.15) is 0 Å². The molecule has 0 fully saturated rings. The van der Waals surface area contributed by atoms with Gasteiger partial charge in [0.15, 0.2) is 0 Å². The molecular formula is C12H14ClN3OS. The van der Waals surface area contributed by atoms with Gasteiger partial charge < -0.3 is 10.1 Å². The minimum absolute atomic E-state index is 0.587. The smallest absolute Gasteiger partial charge is 0.225 e. The van der Waals surface area contributed by atoms with Crippen molar-refractivity contribution in [2.45, 2.75) is 13.3 Å². The first-order valence-corrected chi connectivity index (χ1v) is 6.91. The van der Waals surface area contributed by atoms with Gasteiger partial charge >= 0.3 is 0 Å². The van der Waals surface area contributed by atoms with Crippen molar-refractivity contribution < 1.29 is 4.74 Å². The van der Waals surface area contributed by atoms with E-state index in [4.69, 9.17) is 16.3 Å². The van der Waals surface area contributed by atoms with E-state index in [1.54, 1.807) is 23.6 Å². The first-order valence-electron chi connectivity index (χ1n) is 5.72. The molecule has 4 nitrogen and oxygen atoms in total. The number of nitrogens with one attached hydrogen (secondary N) is 1. The van der Waals surface area contributed by atoms with E-state index in [9.17, 15) is 0 Å². The molecule has 18 heavy (non-hydrogen) atoms. The van der Waals surface area contributed by atoms with Crippen molar-refractivity contribution in [2.24, 2.45) is 0 Å². The predicted octanol–water partition coefficient (Wildman–Crippen LogP) is 3.24. The Morgan fingerprint density at radius 3 is 3.00 bits per heavy atom. The quantitative estimate of drug-likeness (QED) is 0.884. The fourth-order valence-corrected chi connectivity index (χ4v) is 2.53. The third-order valence-corrected chi connectivity index (χ3v) is 3.50. The van der Waals surface area contributed by atoms with Gasteiger partial charge in [0.2, 0.25) is 11.8 Å². The summed E-state index contributed by atoms with van der Waals surface area (Å²) in [4.78, 5) is 9.61. The van der Waals surface area contributed by atoms with Crippen LogP contribution in [0.4, 0.5) is 5.95 Å². The van der Waals surface area contributed by atoms with Crippen LogP contribution >= 0.6 is 22.9 Å². The van der Waals surface area contributed by atoms with Crippen LogP contribution < -0.4 is 10.1 Å². The van der Waals surface area contributed by atoms with Crippen LogP contribution in [0.25, 0.3) is 0 Å². The molecule has 96 valence electrons. The zero-order valence-electron chi connectivity index (χ0n) is 10.0. The van der Waals surface area contributed by atoms with Gasteiger partial charge in [0.05, 0.1) is 10.9 Å². The Kier molecular flexibility index (Phi) is 4.78. The maximum atomic E-state index is 5.87. The molecule has 0 saturated carbocycles. The molecule has 0 aliphatic rings. The Bertz CT molecular complexity index is 504. The molecule has 6 heteroatoms. The van der Waals surface area contributed by atoms with Crippen LogP contribution in [0.1, 0.15) is 11.8 Å². The van der Waals surface area contributed by atoms with E-state index in [1.165, 1.54) is 4.88 Å². The highest BCUT2D eigenvalue weighted by atomic mass is 35.5. The number of thiophene rings is 1. The Labute approximate surface area is 115 Å². The molecule has 0 atom stereocenters. The van der Waals surface area contributed by atoms with E-state index in [1.807, 2.05) is 19.1 Å². The number of hydrogen-bond acceptors (Lipinski definition) is 5. The van der Waals surface area contributed by atoms with Gasteiger partial charge in [-0.25, -0.2) is 4.98 Å². The highest BCUT2D eigenvalue weighted by Crippen LogP contribution is 2.21. The van der Waals surface area contributed by atoms with Crippen molar-refractivity contribution in [1.29, 1.82) is 0 Å². The lowest BCUT2D eigenvalue weighted by atomic mass is 10.3. The van der Waals surface area contributed by atoms with Crippen LogP contribution in [0, 0.1) is 0 Å². The fourth-order valence-electron chi connectivity index (χ4n) is 1.44. The first kappa shape index (κ1) is 13.1. The number of halogens is 1. The highest BCUT2D eigenvalue weighted by Gasteiger charge is 2.01. The van der Waals surface area contributed by atoms with Crippen LogP contribution in [0.5, 0.6) is 5.88 Å². The maximum absolute atomic E-state index is 5.87. The second kappa shape index (κ2) is 6.56. The van der Waals surface area contributed by atoms with Gasteiger partial charge in [-0.1, -0.05) is 11.6 Å². The lowest BCUT2D eigenvalue weighted by molar-refractivity contribution is 0.326. The van der Waals surface area contributed by atoms with Crippen molar-refractivity contribution >= 4 is 28.9 Å². The molecule has 0 saturated heterocycles. The molecule has 2 rings (SSSR count). The minimum atomic E-state index is 0.587. The molecule has 2 aromatic rings. The minimum Gasteiger partial charge on any atom is -0.478 e. The summed E-state index contributed by atoms with van der Waals surface area (Å²) in [7, 11) is 0. The predicted molar refractivity (Wildman–Crippen MR) is 74.7 cm³/mol. The maximum Gasteiger partial charge on any atom is 0.225 e. The molecule has 2 heterocycles. The lowest BCUT2D eigenvalue weighted by Gasteiger charge is -2.05. The van der Waals surface area contributed by atoms with Gasteiger partial charge in [0, 0.05) is 23.7 Å². The summed E-state index contributed by atoms with van der Waals surface area (Å²) in [6.07, 6.45) is 2.59. The average Bonchev–Trinajstić information content (AvgIpc) is 2.76. The molecule has 1 N–H and O–H groups in total. The normalized spacial score (nSPS) is 10.3. The molecule has 0 aliphatic carbocycles. The average molecular weight is 284 g/mol. The molecular weight excluding hydrogens is 270 g/mol. The van der Waals surface area contributed by atoms with E-state index < -0.39 is 0 Å². The van der Waals surface area contributed by atoms with Crippen molar-refractivity contribution in [3.63, 3.8) is 0 Å². The van der Waals surface area contributed by atoms with Crippen molar-refractivity contribution in [3.05, 3.63) is 33.6 Å². The molecule has 0 unspecified atom stereocenters. The Balaban J connectivity index is 1.84. The summed E-state index contributed by atoms with van der Waals surface area (Å²) in [5.41, 5.74) is 0. The van der Waals surface area contributed by atoms with Crippen LogP contribution in [-0.2, 0) is 6.42 Å². The summed E-state index contributed by atoms with van der Waals surface area (Å²) in [6, 6.07) is 5.69. The summed E-state index contributed by atoms with van der Waals surface area (Å²) in [5.74, 6) is 1.18. The van der Waals surface area contributed by atoms with E-state index in [0.717, 1.165) is 17.3 Å². The number of ether oxygens (including phenoxy) is 1. The molecule has 0 radical (unpaired) electrons. The fraction of sp³-hybridized carbons (Fsp3) is 0.333. The van der Waals surface area contributed by atoms with Crippen LogP contribution in [0.15, 0.2) is 24.4 Å². The Morgan fingerprint density at radius 2 is 2.28 bits per heavy atom. The molecule has 2 aromatic heterocycles. The first-order chi connectivity index (χ1) is 8.78. The largest absolute Gasteiger partial charge is 0.478 e. The summed E-state index contributed by atoms with van der Waals surface area (Å²) in [5, 5.41) is 3.16. The Hall–Kier alpha value is -1.33. The van der Waals surface area contributed by atoms with Gasteiger partial charge in [0.25, 0.3) is 0 Å². The summed E-state index contributed by atoms with van der Waals surface area (Å²) in [6.45, 7) is 3.30. The Morgan fingerprint density at radius 1 is 1.39 bits per heavy atom. The molecule has 0 bridgehead atoms. The standard InChI is InChI=1S/C12H14ClN3OS/c1-2-17-11-6-8-15-12(16-11)14-7-5-9-3-4-10(13)18-9/h3-4,6,8H,2,5,7H2,1H3,(H,14,15,16). The topological polar surface area (TPSA) is 47.0 Å². The molecule has 0 spiro atoms. The summed E-state index contributed by atoms with van der Waals surface area (Å²) < 4.78 is 6.13. The van der Waals surface area contributed by atoms with E-state index >= 15 is 0 Å². The monoisotopic (exact) mass is 283 g/mol. The second-order valence-corrected chi connectivity index (χ2v) is 5.33. The van der Waals surface area contributed by atoms with Gasteiger partial charge in [-0.15, -0.1) is 11.3 Å². The second-order valence-electron chi connectivity index (χ2n) is 3.53. The number of rotatable bonds is 6. The molecule has 0 aromatic carbocycles. The van der Waals surface area contributed by atoms with Crippen LogP contribution in [0.2, 0.25) is 4.34 Å². The van der Waals surface area contributed by atoms with Gasteiger partial charge in [-0.2, -0.15) is 4.98 Å². The number of anilines is 1. The molecule has 0 amide bonds. The summed E-state index contributed by atoms with van der Waals surface area (Å²) >= 11 is 7.46. The van der Waals surface area contributed by atoms with Crippen LogP contribution in [0.3, 0.4) is 0 Å². The van der Waals surface area contributed by atoms with E-state index in [-0.39, 0.29) is 0 Å². The van der Waals surface area contributed by atoms with E-state index in [2.05, 4.69) is 15.3 Å². The third-order valence-electron chi connectivity index (χ3n) is 2.21. The van der Waals surface area contributed by atoms with Crippen molar-refractivity contribution in [3.8, 4) is 5.88 Å².